The monoisotopic (exact) mass is 534 g/mol. The number of rotatable bonds is 11. The maximum absolute atomic E-state index is 11.8. The van der Waals surface area contributed by atoms with Crippen molar-refractivity contribution in [1.29, 1.82) is 0 Å². The molecule has 10 heteroatoms. The van der Waals surface area contributed by atoms with Crippen LogP contribution in [0.25, 0.3) is 0 Å². The van der Waals surface area contributed by atoms with Crippen molar-refractivity contribution in [2.45, 2.75) is 55.8 Å². The van der Waals surface area contributed by atoms with Crippen LogP contribution in [-0.2, 0) is 16.0 Å². The van der Waals surface area contributed by atoms with E-state index in [-0.39, 0.29) is 17.6 Å². The second kappa shape index (κ2) is 13.3. The molecule has 7 N–H and O–H groups in total. The minimum Gasteiger partial charge on any atom is -0.494 e. The molecule has 0 radical (unpaired) electrons. The molecular weight excluding hydrogens is 496 g/mol. The molecule has 6 atom stereocenters. The van der Waals surface area contributed by atoms with Crippen LogP contribution in [0.2, 0.25) is 0 Å². The average Bonchev–Trinajstić information content (AvgIpc) is 2.86. The van der Waals surface area contributed by atoms with Gasteiger partial charge in [0.05, 0.1) is 25.4 Å². The van der Waals surface area contributed by atoms with E-state index in [0.717, 1.165) is 22.3 Å². The number of carbonyl (C=O) groups is 2. The number of amides is 2. The van der Waals surface area contributed by atoms with E-state index in [1.165, 1.54) is 0 Å². The van der Waals surface area contributed by atoms with E-state index in [2.05, 4.69) is 17.6 Å². The van der Waals surface area contributed by atoms with Crippen LogP contribution in [0.5, 0.6) is 5.75 Å². The van der Waals surface area contributed by atoms with Gasteiger partial charge in [0.15, 0.2) is 0 Å². The quantitative estimate of drug-likeness (QED) is 0.163. The van der Waals surface area contributed by atoms with Gasteiger partial charge in [-0.2, -0.15) is 0 Å². The fourth-order valence-electron chi connectivity index (χ4n) is 4.53. The molecule has 37 heavy (non-hydrogen) atoms. The number of primary amides is 1. The van der Waals surface area contributed by atoms with Crippen molar-refractivity contribution >= 4 is 22.7 Å². The molecule has 1 unspecified atom stereocenters. The summed E-state index contributed by atoms with van der Waals surface area (Å²) in [5, 5.41) is 42.1. The molecule has 0 aliphatic carbocycles. The first-order valence-corrected chi connectivity index (χ1v) is 14.4. The Balaban J connectivity index is 1.55. The second-order valence-electron chi connectivity index (χ2n) is 9.60. The van der Waals surface area contributed by atoms with E-state index in [9.17, 15) is 24.9 Å². The lowest BCUT2D eigenvalue weighted by Crippen LogP contribution is -2.47. The maximum Gasteiger partial charge on any atom is 0.242 e. The molecule has 0 saturated carbocycles. The summed E-state index contributed by atoms with van der Waals surface area (Å²) in [6, 6.07) is 12.8. The minimum absolute atomic E-state index is 0.142. The lowest BCUT2D eigenvalue weighted by atomic mass is 9.94. The lowest BCUT2D eigenvalue weighted by Gasteiger charge is -2.42. The summed E-state index contributed by atoms with van der Waals surface area (Å²) in [5.41, 5.74) is 9.43. The van der Waals surface area contributed by atoms with Crippen LogP contribution >= 0.6 is 10.9 Å². The molecule has 1 heterocycles. The molecule has 3 rings (SSSR count). The summed E-state index contributed by atoms with van der Waals surface area (Å²) in [5.74, 6) is 0.0186. The number of ether oxygens (including phenoxy) is 1. The Labute approximate surface area is 220 Å². The van der Waals surface area contributed by atoms with E-state index in [1.54, 1.807) is 0 Å². The zero-order chi connectivity index (χ0) is 27.1. The molecule has 204 valence electrons. The molecule has 2 aromatic rings. The predicted molar refractivity (Wildman–Crippen MR) is 144 cm³/mol. The van der Waals surface area contributed by atoms with Gasteiger partial charge in [0.1, 0.15) is 17.9 Å². The smallest absolute Gasteiger partial charge is 0.242 e. The average molecular weight is 535 g/mol. The Morgan fingerprint density at radius 1 is 1.14 bits per heavy atom. The van der Waals surface area contributed by atoms with Crippen molar-refractivity contribution in [1.82, 2.24) is 5.32 Å². The van der Waals surface area contributed by atoms with E-state index in [4.69, 9.17) is 15.6 Å². The number of aliphatic hydroxyl groups excluding tert-OH is 4. The van der Waals surface area contributed by atoms with E-state index < -0.39 is 47.8 Å². The van der Waals surface area contributed by atoms with Gasteiger partial charge in [0.2, 0.25) is 11.8 Å². The number of hydrogen-bond donors (Lipinski definition) is 7. The minimum atomic E-state index is -1.14. The van der Waals surface area contributed by atoms with E-state index >= 15 is 0 Å². The Hall–Kier alpha value is -2.63. The van der Waals surface area contributed by atoms with Crippen LogP contribution < -0.4 is 15.8 Å². The molecule has 2 amide bonds. The number of aliphatic hydroxyl groups is 4. The largest absolute Gasteiger partial charge is 0.494 e. The molecule has 1 aliphatic heterocycles. The van der Waals surface area contributed by atoms with Gasteiger partial charge in [-0.3, -0.25) is 9.59 Å². The second-order valence-corrected chi connectivity index (χ2v) is 12.0. The number of thiol groups is 1. The third-order valence-corrected chi connectivity index (χ3v) is 9.23. The molecular formula is C27H38N2O7S. The topological polar surface area (TPSA) is 162 Å². The number of aryl methyl sites for hydroxylation is 1. The van der Waals surface area contributed by atoms with Gasteiger partial charge in [0, 0.05) is 17.4 Å². The molecule has 9 nitrogen and oxygen atoms in total. The Bertz CT molecular complexity index is 1070. The lowest BCUT2D eigenvalue weighted by molar-refractivity contribution is -0.128. The first-order chi connectivity index (χ1) is 17.6. The zero-order valence-electron chi connectivity index (χ0n) is 21.2. The number of hydrogen-bond acceptors (Lipinski definition) is 7. The predicted octanol–water partition coefficient (Wildman–Crippen LogP) is 0.476. The highest BCUT2D eigenvalue weighted by molar-refractivity contribution is 8.16. The standard InChI is InChI=1S/C27H38N2O7S/c1-16-5-8-18(26-25(34)24(33)22(31)15-37(26)2)13-19(16)12-17-6-9-20(10-7-17)36-11-3-4-23(32)29-21(14-30)27(28)35/h5-10,13,21-22,24-26,30-31,33-34,37H,3-4,11-12,14-15H2,1-2H3,(H2,28,35)(H,29,32)/t21-,22+,24+,25+,26-/m0/s1. The first kappa shape index (κ1) is 28.9. The third kappa shape index (κ3) is 7.68. The van der Waals surface area contributed by atoms with E-state index in [0.29, 0.717) is 31.0 Å². The highest BCUT2D eigenvalue weighted by atomic mass is 32.2. The van der Waals surface area contributed by atoms with Crippen LogP contribution in [0.1, 0.15) is 40.3 Å². The maximum atomic E-state index is 11.8. The number of carbonyl (C=O) groups excluding carboxylic acids is 2. The van der Waals surface area contributed by atoms with Crippen LogP contribution in [0.15, 0.2) is 42.5 Å². The van der Waals surface area contributed by atoms with Gasteiger partial charge in [0.25, 0.3) is 0 Å². The molecule has 1 saturated heterocycles. The van der Waals surface area contributed by atoms with Crippen LogP contribution in [-0.4, -0.2) is 81.8 Å². The summed E-state index contributed by atoms with van der Waals surface area (Å²) in [4.78, 5) is 22.9. The molecule has 0 spiro atoms. The molecule has 0 aromatic heterocycles. The number of nitrogens with two attached hydrogens (primary N) is 1. The SMILES string of the molecule is Cc1ccc([C@H]2[C@H](O)[C@H](O)[C@H](O)C[SH]2C)cc1Cc1ccc(OCCCC(=O)N[C@@H](CO)C(N)=O)cc1. The summed E-state index contributed by atoms with van der Waals surface area (Å²) < 4.78 is 5.71. The Morgan fingerprint density at radius 2 is 1.84 bits per heavy atom. The van der Waals surface area contributed by atoms with Crippen LogP contribution in [0, 0.1) is 6.92 Å². The summed E-state index contributed by atoms with van der Waals surface area (Å²) >= 11 is 0. The van der Waals surface area contributed by atoms with Gasteiger partial charge in [-0.1, -0.05) is 30.3 Å². The highest BCUT2D eigenvalue weighted by Crippen LogP contribution is 2.48. The van der Waals surface area contributed by atoms with Gasteiger partial charge in [-0.15, -0.1) is 0 Å². The van der Waals surface area contributed by atoms with Crippen molar-refractivity contribution < 1.29 is 34.8 Å². The number of nitrogens with one attached hydrogen (secondary N) is 1. The van der Waals surface area contributed by atoms with Crippen LogP contribution in [0.4, 0.5) is 0 Å². The number of benzene rings is 2. The highest BCUT2D eigenvalue weighted by Gasteiger charge is 2.40. The van der Waals surface area contributed by atoms with Crippen LogP contribution in [0.3, 0.4) is 0 Å². The summed E-state index contributed by atoms with van der Waals surface area (Å²) in [7, 11) is -0.676. The molecule has 0 bridgehead atoms. The molecule has 1 fully saturated rings. The van der Waals surface area contributed by atoms with Crippen molar-refractivity contribution in [2.24, 2.45) is 5.73 Å². The zero-order valence-corrected chi connectivity index (χ0v) is 22.1. The van der Waals surface area contributed by atoms with E-state index in [1.807, 2.05) is 43.3 Å². The molecule has 1 aliphatic rings. The summed E-state index contributed by atoms with van der Waals surface area (Å²) in [6.45, 7) is 1.83. The Morgan fingerprint density at radius 3 is 2.49 bits per heavy atom. The van der Waals surface area contributed by atoms with Gasteiger partial charge in [-0.05, 0) is 60.4 Å². The first-order valence-electron chi connectivity index (χ1n) is 12.4. The van der Waals surface area contributed by atoms with Gasteiger partial charge < -0.3 is 36.2 Å². The Kier molecular flexibility index (Phi) is 10.4. The summed E-state index contributed by atoms with van der Waals surface area (Å²) in [6.07, 6.45) is 0.321. The fourth-order valence-corrected chi connectivity index (χ4v) is 6.93. The normalized spacial score (nSPS) is 25.3. The third-order valence-electron chi connectivity index (χ3n) is 6.73. The fraction of sp³-hybridized carbons (Fsp3) is 0.481. The van der Waals surface area contributed by atoms with Crippen molar-refractivity contribution in [2.75, 3.05) is 25.2 Å². The van der Waals surface area contributed by atoms with Crippen molar-refractivity contribution in [3.63, 3.8) is 0 Å². The molecule has 2 aromatic carbocycles. The van der Waals surface area contributed by atoms with Gasteiger partial charge >= 0.3 is 0 Å². The van der Waals surface area contributed by atoms with Crippen molar-refractivity contribution in [3.05, 3.63) is 64.7 Å². The van der Waals surface area contributed by atoms with Crippen molar-refractivity contribution in [3.8, 4) is 5.75 Å². The van der Waals surface area contributed by atoms with Gasteiger partial charge in [-0.25, -0.2) is 10.9 Å².